The highest BCUT2D eigenvalue weighted by Crippen LogP contribution is 2.38. The van der Waals surface area contributed by atoms with Crippen LogP contribution in [0.1, 0.15) is 57.2 Å². The molecule has 7 heteroatoms. The number of rotatable bonds is 10. The van der Waals surface area contributed by atoms with Crippen molar-refractivity contribution in [3.63, 3.8) is 0 Å². The van der Waals surface area contributed by atoms with Gasteiger partial charge in [-0.05, 0) is 62.9 Å². The first-order valence-electron chi connectivity index (χ1n) is 12.7. The normalized spacial score (nSPS) is 15.6. The number of aryl methyl sites for hydroxylation is 1. The van der Waals surface area contributed by atoms with Crippen LogP contribution in [0.3, 0.4) is 0 Å². The Bertz CT molecular complexity index is 1020. The van der Waals surface area contributed by atoms with Crippen LogP contribution in [0.5, 0.6) is 5.75 Å². The molecule has 2 aromatic carbocycles. The maximum atomic E-state index is 13.7. The molecular weight excluding hydrogens is 456 g/mol. The Morgan fingerprint density at radius 3 is 2.33 bits per heavy atom. The number of carbonyl (C=O) groups is 2. The van der Waals surface area contributed by atoms with E-state index in [2.05, 4.69) is 31.3 Å². The van der Waals surface area contributed by atoms with Crippen molar-refractivity contribution in [2.45, 2.75) is 71.1 Å². The second-order valence-electron chi connectivity index (χ2n) is 10.5. The number of unbranched alkanes of at least 4 members (excludes halogenated alkanes) is 1. The largest absolute Gasteiger partial charge is 0.497 e. The molecule has 2 aromatic rings. The lowest BCUT2D eigenvalue weighted by Gasteiger charge is -2.51. The summed E-state index contributed by atoms with van der Waals surface area (Å²) in [5, 5.41) is 2.81. The quantitative estimate of drug-likeness (QED) is 0.469. The molecule has 0 spiro atoms. The number of methoxy groups -OCH3 is 1. The number of carbonyl (C=O) groups excluding carboxylic acids is 2. The van der Waals surface area contributed by atoms with Crippen LogP contribution in [0.15, 0.2) is 48.5 Å². The summed E-state index contributed by atoms with van der Waals surface area (Å²) in [6.45, 7) is 11.1. The summed E-state index contributed by atoms with van der Waals surface area (Å²) in [6, 6.07) is 14.9. The van der Waals surface area contributed by atoms with Crippen LogP contribution in [0.2, 0.25) is 0 Å². The van der Waals surface area contributed by atoms with E-state index in [9.17, 15) is 9.59 Å². The number of nitrogens with zero attached hydrogens (tertiary/aromatic N) is 1. The topological polar surface area (TPSA) is 77.1 Å². The van der Waals surface area contributed by atoms with Gasteiger partial charge in [-0.3, -0.25) is 4.79 Å². The lowest BCUT2D eigenvalue weighted by Crippen LogP contribution is -2.66. The Hall–Kier alpha value is -3.06. The number of ether oxygens (including phenoxy) is 3. The lowest BCUT2D eigenvalue weighted by molar-refractivity contribution is -0.175. The molecule has 0 aliphatic carbocycles. The molecule has 1 saturated heterocycles. The van der Waals surface area contributed by atoms with Crippen molar-refractivity contribution < 1.29 is 23.8 Å². The van der Waals surface area contributed by atoms with Gasteiger partial charge in [0.25, 0.3) is 0 Å². The molecule has 1 heterocycles. The van der Waals surface area contributed by atoms with Gasteiger partial charge in [0.2, 0.25) is 5.91 Å². The minimum absolute atomic E-state index is 0.153. The van der Waals surface area contributed by atoms with Crippen LogP contribution in [0.4, 0.5) is 4.79 Å². The molecule has 1 N–H and O–H groups in total. The van der Waals surface area contributed by atoms with Crippen molar-refractivity contribution in [2.24, 2.45) is 0 Å². The minimum atomic E-state index is -0.765. The molecule has 0 radical (unpaired) electrons. The summed E-state index contributed by atoms with van der Waals surface area (Å²) in [7, 11) is 1.61. The van der Waals surface area contributed by atoms with E-state index in [1.165, 1.54) is 0 Å². The maximum absolute atomic E-state index is 13.7. The molecule has 36 heavy (non-hydrogen) atoms. The van der Waals surface area contributed by atoms with Gasteiger partial charge >= 0.3 is 6.09 Å². The van der Waals surface area contributed by atoms with E-state index in [1.54, 1.807) is 32.8 Å². The number of hydrogen-bond acceptors (Lipinski definition) is 5. The molecule has 0 bridgehead atoms. The van der Waals surface area contributed by atoms with Gasteiger partial charge in [0.05, 0.1) is 20.2 Å². The van der Waals surface area contributed by atoms with Gasteiger partial charge in [-0.15, -0.1) is 0 Å². The third-order valence-corrected chi connectivity index (χ3v) is 6.30. The smallest absolute Gasteiger partial charge is 0.408 e. The number of nitrogens with one attached hydrogen (secondary N) is 1. The summed E-state index contributed by atoms with van der Waals surface area (Å²) in [4.78, 5) is 28.0. The fourth-order valence-electron chi connectivity index (χ4n) is 4.43. The molecule has 1 aliphatic heterocycles. The summed E-state index contributed by atoms with van der Waals surface area (Å²) < 4.78 is 17.1. The number of hydrogen-bond donors (Lipinski definition) is 1. The van der Waals surface area contributed by atoms with Gasteiger partial charge in [-0.2, -0.15) is 0 Å². The second kappa shape index (κ2) is 11.8. The summed E-state index contributed by atoms with van der Waals surface area (Å²) >= 11 is 0. The number of benzene rings is 2. The fourth-order valence-corrected chi connectivity index (χ4v) is 4.43. The zero-order valence-corrected chi connectivity index (χ0v) is 22.4. The van der Waals surface area contributed by atoms with Crippen LogP contribution >= 0.6 is 0 Å². The first kappa shape index (κ1) is 27.5. The van der Waals surface area contributed by atoms with Crippen LogP contribution < -0.4 is 10.1 Å². The number of amides is 2. The first-order chi connectivity index (χ1) is 17.1. The summed E-state index contributed by atoms with van der Waals surface area (Å²) in [5.41, 5.74) is 1.96. The van der Waals surface area contributed by atoms with Crippen molar-refractivity contribution >= 4 is 12.0 Å². The Morgan fingerprint density at radius 1 is 1.08 bits per heavy atom. The minimum Gasteiger partial charge on any atom is -0.497 e. The third kappa shape index (κ3) is 7.00. The lowest BCUT2D eigenvalue weighted by atomic mass is 9.82. The predicted molar refractivity (Wildman–Crippen MR) is 140 cm³/mol. The highest BCUT2D eigenvalue weighted by molar-refractivity contribution is 5.87. The average molecular weight is 497 g/mol. The zero-order chi connectivity index (χ0) is 26.3. The van der Waals surface area contributed by atoms with Gasteiger partial charge in [-0.1, -0.05) is 49.7 Å². The van der Waals surface area contributed by atoms with Crippen molar-refractivity contribution in [3.05, 3.63) is 65.2 Å². The average Bonchev–Trinajstić information content (AvgIpc) is 2.80. The van der Waals surface area contributed by atoms with E-state index in [0.29, 0.717) is 26.1 Å². The molecule has 1 unspecified atom stereocenters. The predicted octanol–water partition coefficient (Wildman–Crippen LogP) is 4.99. The highest BCUT2D eigenvalue weighted by atomic mass is 16.6. The van der Waals surface area contributed by atoms with Gasteiger partial charge < -0.3 is 24.4 Å². The molecule has 0 saturated carbocycles. The van der Waals surface area contributed by atoms with E-state index in [1.807, 2.05) is 36.4 Å². The summed E-state index contributed by atoms with van der Waals surface area (Å²) in [5.74, 6) is 0.580. The van der Waals surface area contributed by atoms with Crippen molar-refractivity contribution in [3.8, 4) is 5.75 Å². The molecule has 3 rings (SSSR count). The van der Waals surface area contributed by atoms with E-state index in [0.717, 1.165) is 35.3 Å². The van der Waals surface area contributed by atoms with Crippen LogP contribution in [-0.2, 0) is 26.3 Å². The zero-order valence-electron chi connectivity index (χ0n) is 22.4. The monoisotopic (exact) mass is 496 g/mol. The standard InChI is InChI=1S/C29H40N2O5/c1-7-8-17-35-29(24-12-10-9-11-21(24)2)19-31(20-29)26(32)25(30-27(33)36-28(3,4)5)18-22-13-15-23(34-6)16-14-22/h9-16,25H,7-8,17-20H2,1-6H3,(H,30,33). The van der Waals surface area contributed by atoms with E-state index >= 15 is 0 Å². The van der Waals surface area contributed by atoms with Crippen molar-refractivity contribution in [2.75, 3.05) is 26.8 Å². The molecule has 7 nitrogen and oxygen atoms in total. The van der Waals surface area contributed by atoms with Gasteiger partial charge in [0.1, 0.15) is 23.0 Å². The van der Waals surface area contributed by atoms with Gasteiger partial charge in [0.15, 0.2) is 0 Å². The molecule has 1 fully saturated rings. The van der Waals surface area contributed by atoms with Crippen molar-refractivity contribution in [1.29, 1.82) is 0 Å². The highest BCUT2D eigenvalue weighted by Gasteiger charge is 2.49. The molecular formula is C29H40N2O5. The van der Waals surface area contributed by atoms with Gasteiger partial charge in [-0.25, -0.2) is 4.79 Å². The van der Waals surface area contributed by atoms with E-state index in [4.69, 9.17) is 14.2 Å². The molecule has 196 valence electrons. The van der Waals surface area contributed by atoms with E-state index < -0.39 is 23.3 Å². The number of alkyl carbamates (subject to hydrolysis) is 1. The maximum Gasteiger partial charge on any atom is 0.408 e. The number of likely N-dealkylation sites (tertiary alicyclic amines) is 1. The third-order valence-electron chi connectivity index (χ3n) is 6.30. The summed E-state index contributed by atoms with van der Waals surface area (Å²) in [6.07, 6.45) is 1.73. The van der Waals surface area contributed by atoms with Crippen LogP contribution in [0.25, 0.3) is 0 Å². The Labute approximate surface area is 215 Å². The Morgan fingerprint density at radius 2 is 1.75 bits per heavy atom. The first-order valence-corrected chi connectivity index (χ1v) is 12.7. The fraction of sp³-hybridized carbons (Fsp3) is 0.517. The SMILES string of the molecule is CCCCOC1(c2ccccc2C)CN(C(=O)C(Cc2ccc(OC)cc2)NC(=O)OC(C)(C)C)C1. The molecule has 1 aliphatic rings. The molecule has 0 aromatic heterocycles. The van der Waals surface area contributed by atoms with Crippen molar-refractivity contribution in [1.82, 2.24) is 10.2 Å². The molecule has 1 atom stereocenters. The van der Waals surface area contributed by atoms with Crippen LogP contribution in [-0.4, -0.2) is 55.3 Å². The second-order valence-corrected chi connectivity index (χ2v) is 10.5. The van der Waals surface area contributed by atoms with E-state index in [-0.39, 0.29) is 5.91 Å². The Kier molecular flexibility index (Phi) is 9.01. The van der Waals surface area contributed by atoms with Gasteiger partial charge in [0, 0.05) is 13.0 Å². The molecule has 2 amide bonds. The van der Waals surface area contributed by atoms with Crippen LogP contribution in [0, 0.1) is 6.92 Å². The Balaban J connectivity index is 1.79.